The maximum atomic E-state index is 2.59. The van der Waals surface area contributed by atoms with Crippen LogP contribution in [0.15, 0.2) is 133 Å². The Hall–Kier alpha value is -6.08. The Labute approximate surface area is 561 Å². The van der Waals surface area contributed by atoms with E-state index in [1.54, 1.807) is 0 Å². The summed E-state index contributed by atoms with van der Waals surface area (Å²) >= 11 is 0. The largest absolute Gasteiger partial charge is 0.0617 e. The van der Waals surface area contributed by atoms with E-state index in [4.69, 9.17) is 0 Å². The minimum absolute atomic E-state index is 0.921. The molecule has 0 bridgehead atoms. The maximum Gasteiger partial charge on any atom is 0.00141 e. The van der Waals surface area contributed by atoms with Gasteiger partial charge >= 0.3 is 0 Å². The standard InChI is InChI=1S/C88H102P4/c1-51-31-59(9)81(60(10)32-51)89(82-61(11)33-52(2)34-62(82)12)47-75-27-25-28-76(48-90(83-63(13)35-53(3)36-64(83)14)84-65(15)37-54(4)38-66(84)16)79(75)80-77(49-91(85-67(17)39-55(5)40-68(85)18)86-69(19)41-56(6)42-70(86)20)29-26-30-78(80)50-92(87-71(21)43-57(7)44-72(87)22)88-73(23)45-58(8)46-74(88)24/h25-46H,47-50H2,1-24H3. The molecule has 0 unspecified atom stereocenters. The molecule has 4 heteroatoms. The van der Waals surface area contributed by atoms with Crippen molar-refractivity contribution >= 4 is 74.1 Å². The van der Waals surface area contributed by atoms with Crippen LogP contribution < -0.4 is 42.4 Å². The topological polar surface area (TPSA) is 0 Å². The zero-order chi connectivity index (χ0) is 66.6. The van der Waals surface area contributed by atoms with Crippen LogP contribution in [0.2, 0.25) is 0 Å². The quantitative estimate of drug-likeness (QED) is 0.0797. The van der Waals surface area contributed by atoms with Gasteiger partial charge in [-0.25, -0.2) is 0 Å². The summed E-state index contributed by atoms with van der Waals surface area (Å²) in [6, 6.07) is 54.7. The van der Waals surface area contributed by atoms with E-state index in [-0.39, 0.29) is 0 Å². The summed E-state index contributed by atoms with van der Waals surface area (Å²) in [5.41, 5.74) is 42.0. The normalized spacial score (nSPS) is 11.8. The van der Waals surface area contributed by atoms with Crippen molar-refractivity contribution in [1.29, 1.82) is 0 Å². The smallest absolute Gasteiger partial charge is 0.00141 e. The number of benzene rings is 10. The predicted octanol–water partition coefficient (Wildman–Crippen LogP) is 21.3. The molecular formula is C88H102P4. The SMILES string of the molecule is Cc1cc(C)c(P(Cc2cccc(CP(c3c(C)cc(C)cc3C)c3c(C)cc(C)cc3C)c2-c2c(CP(c3c(C)cc(C)cc3C)c3c(C)cc(C)cc3C)cccc2CP(c2c(C)cc(C)cc2C)c2c(C)cc(C)cc2C)c2c(C)cc(C)cc2C)c(C)c1. The third kappa shape index (κ3) is 14.2. The third-order valence-corrected chi connectivity index (χ3v) is 31.9. The van der Waals surface area contributed by atoms with Gasteiger partial charge in [-0.15, -0.1) is 0 Å². The summed E-state index contributed by atoms with van der Waals surface area (Å²) in [7, 11) is -3.68. The molecule has 10 aromatic carbocycles. The molecule has 0 saturated heterocycles. The lowest BCUT2D eigenvalue weighted by Gasteiger charge is -2.33. The summed E-state index contributed by atoms with van der Waals surface area (Å²) in [6.45, 7) is 56.7. The van der Waals surface area contributed by atoms with E-state index in [1.165, 1.54) is 209 Å². The molecule has 0 aliphatic rings. The van der Waals surface area contributed by atoms with E-state index in [2.05, 4.69) is 300 Å². The molecule has 0 amide bonds. The van der Waals surface area contributed by atoms with Crippen molar-refractivity contribution in [3.05, 3.63) is 289 Å². The molecule has 0 aliphatic carbocycles. The van der Waals surface area contributed by atoms with Gasteiger partial charge in [0.05, 0.1) is 0 Å². The minimum Gasteiger partial charge on any atom is -0.0617 e. The van der Waals surface area contributed by atoms with Crippen LogP contribution in [0.25, 0.3) is 11.1 Å². The van der Waals surface area contributed by atoms with Gasteiger partial charge in [0.1, 0.15) is 0 Å². The van der Waals surface area contributed by atoms with Crippen LogP contribution in [0.5, 0.6) is 0 Å². The van der Waals surface area contributed by atoms with Gasteiger partial charge in [-0.1, -0.05) is 178 Å². The summed E-state index contributed by atoms with van der Waals surface area (Å²) in [5.74, 6) is 0. The van der Waals surface area contributed by atoms with Crippen molar-refractivity contribution in [2.45, 2.75) is 191 Å². The first-order chi connectivity index (χ1) is 43.5. The second kappa shape index (κ2) is 28.1. The molecule has 0 heterocycles. The highest BCUT2D eigenvalue weighted by Gasteiger charge is 2.33. The van der Waals surface area contributed by atoms with Crippen LogP contribution in [0.4, 0.5) is 0 Å². The van der Waals surface area contributed by atoms with Crippen molar-refractivity contribution in [1.82, 2.24) is 0 Å². The Morgan fingerprint density at radius 3 is 0.391 bits per heavy atom. The van der Waals surface area contributed by atoms with Gasteiger partial charge in [0, 0.05) is 24.6 Å². The molecule has 0 saturated carbocycles. The average Bonchev–Trinajstić information content (AvgIpc) is 0.761. The fourth-order valence-corrected chi connectivity index (χ4v) is 29.4. The summed E-state index contributed by atoms with van der Waals surface area (Å²) in [6.07, 6.45) is 3.69. The predicted molar refractivity (Wildman–Crippen MR) is 417 cm³/mol. The van der Waals surface area contributed by atoms with E-state index >= 15 is 0 Å². The number of hydrogen-bond donors (Lipinski definition) is 0. The lowest BCUT2D eigenvalue weighted by Crippen LogP contribution is -2.25. The maximum absolute atomic E-state index is 2.59. The van der Waals surface area contributed by atoms with Crippen molar-refractivity contribution in [3.8, 4) is 11.1 Å². The van der Waals surface area contributed by atoms with Gasteiger partial charge in [0.25, 0.3) is 0 Å². The molecule has 0 atom stereocenters. The fourth-order valence-electron chi connectivity index (χ4n) is 17.0. The molecule has 0 spiro atoms. The van der Waals surface area contributed by atoms with Gasteiger partial charge in [0.15, 0.2) is 0 Å². The summed E-state index contributed by atoms with van der Waals surface area (Å²) < 4.78 is 0. The van der Waals surface area contributed by atoms with Crippen LogP contribution in [0.1, 0.15) is 156 Å². The molecule has 10 aromatic rings. The van der Waals surface area contributed by atoms with Crippen LogP contribution in [0.3, 0.4) is 0 Å². The highest BCUT2D eigenvalue weighted by atomic mass is 31.1. The first-order valence-corrected chi connectivity index (χ1v) is 39.6. The molecule has 0 aromatic heterocycles. The van der Waals surface area contributed by atoms with E-state index in [0.717, 1.165) is 24.6 Å². The number of aryl methyl sites for hydroxylation is 24. The molecule has 0 radical (unpaired) electrons. The van der Waals surface area contributed by atoms with Crippen molar-refractivity contribution in [2.75, 3.05) is 0 Å². The zero-order valence-electron chi connectivity index (χ0n) is 60.3. The zero-order valence-corrected chi connectivity index (χ0v) is 63.9. The fraction of sp³-hybridized carbons (Fsp3) is 0.318. The first kappa shape index (κ1) is 68.8. The number of hydrogen-bond acceptors (Lipinski definition) is 0. The lowest BCUT2D eigenvalue weighted by molar-refractivity contribution is 1.25. The first-order valence-electron chi connectivity index (χ1n) is 33.4. The third-order valence-electron chi connectivity index (χ3n) is 19.3. The highest BCUT2D eigenvalue weighted by Crippen LogP contribution is 2.54. The van der Waals surface area contributed by atoms with Gasteiger partial charge in [-0.05, 0) is 363 Å². The highest BCUT2D eigenvalue weighted by molar-refractivity contribution is 7.74. The van der Waals surface area contributed by atoms with Crippen LogP contribution >= 0.6 is 31.7 Å². The van der Waals surface area contributed by atoms with Crippen molar-refractivity contribution in [3.63, 3.8) is 0 Å². The van der Waals surface area contributed by atoms with Gasteiger partial charge in [-0.3, -0.25) is 0 Å². The summed E-state index contributed by atoms with van der Waals surface area (Å²) in [5, 5.41) is 12.2. The Morgan fingerprint density at radius 1 is 0.174 bits per heavy atom. The van der Waals surface area contributed by atoms with Gasteiger partial charge < -0.3 is 0 Å². The lowest BCUT2D eigenvalue weighted by atomic mass is 9.89. The monoisotopic (exact) mass is 1280 g/mol. The minimum atomic E-state index is -0.921. The molecule has 92 heavy (non-hydrogen) atoms. The average molecular weight is 1280 g/mol. The van der Waals surface area contributed by atoms with E-state index < -0.39 is 31.7 Å². The second-order valence-corrected chi connectivity index (χ2v) is 36.5. The van der Waals surface area contributed by atoms with E-state index in [9.17, 15) is 0 Å². The molecule has 0 nitrogen and oxygen atoms in total. The van der Waals surface area contributed by atoms with Crippen LogP contribution in [-0.2, 0) is 24.6 Å². The summed E-state index contributed by atoms with van der Waals surface area (Å²) in [4.78, 5) is 0. The Bertz CT molecular complexity index is 3550. The van der Waals surface area contributed by atoms with Crippen molar-refractivity contribution < 1.29 is 0 Å². The van der Waals surface area contributed by atoms with Crippen LogP contribution in [0, 0.1) is 166 Å². The molecular weight excluding hydrogens is 1180 g/mol. The Morgan fingerprint density at radius 2 is 0.283 bits per heavy atom. The second-order valence-electron chi connectivity index (χ2n) is 28.2. The van der Waals surface area contributed by atoms with E-state index in [1.807, 2.05) is 0 Å². The molecule has 0 fully saturated rings. The van der Waals surface area contributed by atoms with Gasteiger partial charge in [-0.2, -0.15) is 0 Å². The Balaban J connectivity index is 1.39. The van der Waals surface area contributed by atoms with E-state index in [0.29, 0.717) is 0 Å². The molecule has 0 aliphatic heterocycles. The van der Waals surface area contributed by atoms with Crippen molar-refractivity contribution in [2.24, 2.45) is 0 Å². The molecule has 0 N–H and O–H groups in total. The van der Waals surface area contributed by atoms with Gasteiger partial charge in [0.2, 0.25) is 0 Å². The molecule has 10 rings (SSSR count). The Kier molecular flexibility index (Phi) is 21.0. The molecule has 474 valence electrons. The number of rotatable bonds is 17. The van der Waals surface area contributed by atoms with Crippen LogP contribution in [-0.4, -0.2) is 0 Å².